The minimum atomic E-state index is -0.274. The Bertz CT molecular complexity index is 1280. The van der Waals surface area contributed by atoms with Crippen LogP contribution in [-0.2, 0) is 0 Å². The van der Waals surface area contributed by atoms with E-state index in [2.05, 4.69) is 10.6 Å². The molecule has 0 bridgehead atoms. The molecule has 1 atom stereocenters. The smallest absolute Gasteiger partial charge is 0.255 e. The summed E-state index contributed by atoms with van der Waals surface area (Å²) in [7, 11) is 0. The van der Waals surface area contributed by atoms with Crippen molar-refractivity contribution in [2.24, 2.45) is 0 Å². The number of benzene rings is 4. The van der Waals surface area contributed by atoms with Gasteiger partial charge in [-0.05, 0) is 67.1 Å². The van der Waals surface area contributed by atoms with Gasteiger partial charge in [-0.2, -0.15) is 0 Å². The van der Waals surface area contributed by atoms with Crippen molar-refractivity contribution in [3.63, 3.8) is 0 Å². The van der Waals surface area contributed by atoms with Crippen molar-refractivity contribution in [2.45, 2.75) is 13.0 Å². The summed E-state index contributed by atoms with van der Waals surface area (Å²) in [5.74, 6) is 0.958. The van der Waals surface area contributed by atoms with Crippen LogP contribution in [0.25, 0.3) is 0 Å². The Morgan fingerprint density at radius 3 is 1.94 bits per heavy atom. The number of amides is 2. The van der Waals surface area contributed by atoms with E-state index in [0.717, 1.165) is 11.3 Å². The second-order valence-electron chi connectivity index (χ2n) is 8.18. The van der Waals surface area contributed by atoms with Crippen LogP contribution in [0.15, 0.2) is 109 Å². The molecule has 4 aromatic rings. The van der Waals surface area contributed by atoms with E-state index in [-0.39, 0.29) is 17.9 Å². The number of hydrogen-bond acceptors (Lipinski definition) is 4. The Labute approximate surface area is 210 Å². The first-order valence-electron chi connectivity index (χ1n) is 11.8. The van der Waals surface area contributed by atoms with E-state index < -0.39 is 0 Å². The van der Waals surface area contributed by atoms with E-state index in [1.165, 1.54) is 0 Å². The molecule has 0 radical (unpaired) electrons. The maximum Gasteiger partial charge on any atom is 0.255 e. The van der Waals surface area contributed by atoms with Gasteiger partial charge in [0.15, 0.2) is 0 Å². The van der Waals surface area contributed by atoms with E-state index in [4.69, 9.17) is 9.47 Å². The first-order valence-corrected chi connectivity index (χ1v) is 11.8. The Morgan fingerprint density at radius 2 is 1.28 bits per heavy atom. The lowest BCUT2D eigenvalue weighted by atomic mass is 10.1. The van der Waals surface area contributed by atoms with Gasteiger partial charge < -0.3 is 20.1 Å². The molecule has 0 heterocycles. The molecular formula is C30H28N2O4. The molecule has 2 N–H and O–H groups in total. The summed E-state index contributed by atoms with van der Waals surface area (Å²) >= 11 is 0. The normalized spacial score (nSPS) is 11.2. The zero-order valence-corrected chi connectivity index (χ0v) is 20.0. The van der Waals surface area contributed by atoms with Crippen molar-refractivity contribution >= 4 is 17.5 Å². The molecule has 6 heteroatoms. The molecule has 0 aromatic heterocycles. The summed E-state index contributed by atoms with van der Waals surface area (Å²) in [4.78, 5) is 25.4. The van der Waals surface area contributed by atoms with Crippen molar-refractivity contribution in [3.8, 4) is 11.5 Å². The monoisotopic (exact) mass is 480 g/mol. The number of hydrogen-bond donors (Lipinski definition) is 2. The third kappa shape index (κ3) is 6.96. The zero-order chi connectivity index (χ0) is 25.2. The third-order valence-corrected chi connectivity index (χ3v) is 5.51. The molecule has 1 unspecified atom stereocenters. The fourth-order valence-electron chi connectivity index (χ4n) is 3.58. The van der Waals surface area contributed by atoms with Crippen molar-refractivity contribution in [2.75, 3.05) is 18.5 Å². The maximum atomic E-state index is 12.7. The summed E-state index contributed by atoms with van der Waals surface area (Å²) < 4.78 is 11.3. The molecule has 2 amide bonds. The number of carbonyl (C=O) groups is 2. The SMILES string of the molecule is CC(NC(=O)c1cccc(NC(=O)c2ccc(OCCOc3ccccc3)cc2)c1)c1ccccc1. The molecule has 0 fully saturated rings. The van der Waals surface area contributed by atoms with Gasteiger partial charge in [-0.15, -0.1) is 0 Å². The first kappa shape index (κ1) is 24.5. The maximum absolute atomic E-state index is 12.7. The lowest BCUT2D eigenvalue weighted by molar-refractivity contribution is 0.0938. The van der Waals surface area contributed by atoms with Gasteiger partial charge in [-0.1, -0.05) is 54.6 Å². The van der Waals surface area contributed by atoms with Gasteiger partial charge in [0.1, 0.15) is 24.7 Å². The van der Waals surface area contributed by atoms with E-state index in [1.807, 2.05) is 67.6 Å². The van der Waals surface area contributed by atoms with Gasteiger partial charge in [-0.3, -0.25) is 9.59 Å². The van der Waals surface area contributed by atoms with E-state index in [9.17, 15) is 9.59 Å². The Morgan fingerprint density at radius 1 is 0.667 bits per heavy atom. The molecule has 0 saturated heterocycles. The second kappa shape index (κ2) is 12.2. The van der Waals surface area contributed by atoms with Crippen molar-refractivity contribution in [1.82, 2.24) is 5.32 Å². The zero-order valence-electron chi connectivity index (χ0n) is 20.0. The van der Waals surface area contributed by atoms with Gasteiger partial charge in [0.2, 0.25) is 0 Å². The molecule has 36 heavy (non-hydrogen) atoms. The van der Waals surface area contributed by atoms with Crippen LogP contribution in [0.3, 0.4) is 0 Å². The van der Waals surface area contributed by atoms with Crippen molar-refractivity contribution in [1.29, 1.82) is 0 Å². The summed E-state index contributed by atoms with van der Waals surface area (Å²) in [5, 5.41) is 5.84. The van der Waals surface area contributed by atoms with Gasteiger partial charge in [0.05, 0.1) is 6.04 Å². The minimum Gasteiger partial charge on any atom is -0.490 e. The highest BCUT2D eigenvalue weighted by Crippen LogP contribution is 2.17. The lowest BCUT2D eigenvalue weighted by Gasteiger charge is -2.15. The molecule has 0 aliphatic heterocycles. The molecule has 0 aliphatic carbocycles. The Kier molecular flexibility index (Phi) is 8.33. The van der Waals surface area contributed by atoms with E-state index >= 15 is 0 Å². The van der Waals surface area contributed by atoms with Crippen LogP contribution < -0.4 is 20.1 Å². The fraction of sp³-hybridized carbons (Fsp3) is 0.133. The molecule has 4 rings (SSSR count). The number of ether oxygens (including phenoxy) is 2. The Hall–Kier alpha value is -4.58. The molecular weight excluding hydrogens is 452 g/mol. The third-order valence-electron chi connectivity index (χ3n) is 5.51. The standard InChI is InChI=1S/C30H28N2O4/c1-22(23-9-4-2-5-10-23)31-30(34)25-11-8-12-26(21-25)32-29(33)24-15-17-28(18-16-24)36-20-19-35-27-13-6-3-7-14-27/h2-18,21-22H,19-20H2,1H3,(H,31,34)(H,32,33). The molecule has 0 saturated carbocycles. The summed E-state index contributed by atoms with van der Waals surface area (Å²) in [6.45, 7) is 2.74. The van der Waals surface area contributed by atoms with Crippen LogP contribution in [0.5, 0.6) is 11.5 Å². The van der Waals surface area contributed by atoms with E-state index in [1.54, 1.807) is 48.5 Å². The molecule has 4 aromatic carbocycles. The minimum absolute atomic E-state index is 0.136. The van der Waals surface area contributed by atoms with Gasteiger partial charge in [0.25, 0.3) is 11.8 Å². The highest BCUT2D eigenvalue weighted by atomic mass is 16.5. The summed E-state index contributed by atoms with van der Waals surface area (Å²) in [6, 6.07) is 32.9. The number of rotatable bonds is 10. The Balaban J connectivity index is 1.28. The predicted molar refractivity (Wildman–Crippen MR) is 141 cm³/mol. The van der Waals surface area contributed by atoms with Crippen LogP contribution in [0.1, 0.15) is 39.2 Å². The predicted octanol–water partition coefficient (Wildman–Crippen LogP) is 5.89. The quantitative estimate of drug-likeness (QED) is 0.278. The van der Waals surface area contributed by atoms with Crippen molar-refractivity contribution in [3.05, 3.63) is 126 Å². The van der Waals surface area contributed by atoms with Crippen molar-refractivity contribution < 1.29 is 19.1 Å². The molecule has 0 spiro atoms. The van der Waals surface area contributed by atoms with Crippen LogP contribution in [-0.4, -0.2) is 25.0 Å². The number of para-hydroxylation sites is 1. The molecule has 6 nitrogen and oxygen atoms in total. The number of nitrogens with one attached hydrogen (secondary N) is 2. The van der Waals surface area contributed by atoms with Gasteiger partial charge in [0, 0.05) is 16.8 Å². The van der Waals surface area contributed by atoms with Crippen LogP contribution >= 0.6 is 0 Å². The highest BCUT2D eigenvalue weighted by molar-refractivity contribution is 6.05. The lowest BCUT2D eigenvalue weighted by Crippen LogP contribution is -2.26. The first-order chi connectivity index (χ1) is 17.6. The topological polar surface area (TPSA) is 76.7 Å². The molecule has 0 aliphatic rings. The van der Waals surface area contributed by atoms with Gasteiger partial charge >= 0.3 is 0 Å². The number of anilines is 1. The largest absolute Gasteiger partial charge is 0.490 e. The average Bonchev–Trinajstić information content (AvgIpc) is 2.92. The highest BCUT2D eigenvalue weighted by Gasteiger charge is 2.13. The second-order valence-corrected chi connectivity index (χ2v) is 8.18. The van der Waals surface area contributed by atoms with Crippen LogP contribution in [0, 0.1) is 0 Å². The summed E-state index contributed by atoms with van der Waals surface area (Å²) in [6.07, 6.45) is 0. The number of carbonyl (C=O) groups excluding carboxylic acids is 2. The average molecular weight is 481 g/mol. The van der Waals surface area contributed by atoms with Gasteiger partial charge in [-0.25, -0.2) is 0 Å². The van der Waals surface area contributed by atoms with Crippen LogP contribution in [0.4, 0.5) is 5.69 Å². The summed E-state index contributed by atoms with van der Waals surface area (Å²) in [5.41, 5.74) is 2.51. The van der Waals surface area contributed by atoms with E-state index in [0.29, 0.717) is 35.8 Å². The fourth-order valence-corrected chi connectivity index (χ4v) is 3.58. The van der Waals surface area contributed by atoms with Crippen LogP contribution in [0.2, 0.25) is 0 Å². The molecule has 182 valence electrons.